The molecule has 0 aliphatic rings. The van der Waals surface area contributed by atoms with Gasteiger partial charge in [0.05, 0.1) is 11.6 Å². The maximum absolute atomic E-state index is 12.5. The molecule has 3 rings (SSSR count). The molecule has 7 heteroatoms. The number of hydrogen-bond acceptors (Lipinski definition) is 4. The number of rotatable bonds is 9. The van der Waals surface area contributed by atoms with Crippen LogP contribution in [0.5, 0.6) is 11.5 Å². The fraction of sp³-hybridized carbons (Fsp3) is 0.130. The maximum atomic E-state index is 12.5. The molecule has 5 nitrogen and oxygen atoms in total. The fourth-order valence-electron chi connectivity index (χ4n) is 2.90. The minimum absolute atomic E-state index is 0.0284. The summed E-state index contributed by atoms with van der Waals surface area (Å²) >= 11 is 0. The molecule has 0 fully saturated rings. The number of carbonyl (C=O) groups is 2. The maximum Gasteiger partial charge on any atom is 0.387 e. The molecule has 3 aromatic rings. The van der Waals surface area contributed by atoms with Gasteiger partial charge in [0.1, 0.15) is 11.5 Å². The molecule has 0 aliphatic heterocycles. The first-order chi connectivity index (χ1) is 14.6. The van der Waals surface area contributed by atoms with Crippen LogP contribution in [0.25, 0.3) is 0 Å². The predicted molar refractivity (Wildman–Crippen MR) is 107 cm³/mol. The van der Waals surface area contributed by atoms with Crippen molar-refractivity contribution in [3.63, 3.8) is 0 Å². The molecule has 1 atom stereocenters. The van der Waals surface area contributed by atoms with Crippen LogP contribution in [0, 0.1) is 0 Å². The molecule has 0 heterocycles. The van der Waals surface area contributed by atoms with Gasteiger partial charge < -0.3 is 14.8 Å². The van der Waals surface area contributed by atoms with Crippen molar-refractivity contribution < 1.29 is 27.8 Å². The number of benzene rings is 3. The lowest BCUT2D eigenvalue weighted by Crippen LogP contribution is -2.33. The van der Waals surface area contributed by atoms with E-state index in [1.165, 1.54) is 12.1 Å². The van der Waals surface area contributed by atoms with E-state index in [1.807, 2.05) is 30.3 Å². The summed E-state index contributed by atoms with van der Waals surface area (Å²) in [6.07, 6.45) is 0.656. The van der Waals surface area contributed by atoms with Crippen molar-refractivity contribution in [2.45, 2.75) is 12.7 Å². The van der Waals surface area contributed by atoms with Gasteiger partial charge in [-0.2, -0.15) is 8.78 Å². The summed E-state index contributed by atoms with van der Waals surface area (Å²) in [6.45, 7) is -3.20. The van der Waals surface area contributed by atoms with Crippen LogP contribution in [0.3, 0.4) is 0 Å². The third-order valence-corrected chi connectivity index (χ3v) is 4.28. The molecular weight excluding hydrogens is 392 g/mol. The number of ether oxygens (including phenoxy) is 2. The normalized spacial score (nSPS) is 11.6. The number of aldehydes is 1. The van der Waals surface area contributed by atoms with E-state index in [0.29, 0.717) is 23.2 Å². The van der Waals surface area contributed by atoms with E-state index in [0.717, 1.165) is 5.56 Å². The Kier molecular flexibility index (Phi) is 7.10. The Balaban J connectivity index is 1.74. The highest BCUT2D eigenvalue weighted by Gasteiger charge is 2.18. The highest BCUT2D eigenvalue weighted by molar-refractivity contribution is 5.81. The Morgan fingerprint density at radius 1 is 0.900 bits per heavy atom. The number of amides is 1. The van der Waals surface area contributed by atoms with Crippen LogP contribution in [0.4, 0.5) is 8.78 Å². The van der Waals surface area contributed by atoms with Crippen LogP contribution in [0.2, 0.25) is 0 Å². The fourth-order valence-corrected chi connectivity index (χ4v) is 2.90. The molecule has 0 bridgehead atoms. The second-order valence-corrected chi connectivity index (χ2v) is 6.30. The molecule has 0 saturated heterocycles. The second-order valence-electron chi connectivity index (χ2n) is 6.30. The van der Waals surface area contributed by atoms with E-state index in [-0.39, 0.29) is 12.4 Å². The SMILES string of the molecule is O=Cc1ccccc1OCC(=O)N[C@H](c1ccccc1)c1ccc(OC(F)F)cc1. The highest BCUT2D eigenvalue weighted by atomic mass is 19.3. The van der Waals surface area contributed by atoms with E-state index in [1.54, 1.807) is 36.4 Å². The molecule has 0 spiro atoms. The molecule has 30 heavy (non-hydrogen) atoms. The Hall–Kier alpha value is -3.74. The van der Waals surface area contributed by atoms with Gasteiger partial charge in [-0.3, -0.25) is 9.59 Å². The Bertz CT molecular complexity index is 978. The van der Waals surface area contributed by atoms with Crippen LogP contribution in [0.15, 0.2) is 78.9 Å². The molecule has 0 aliphatic carbocycles. The first-order valence-electron chi connectivity index (χ1n) is 9.13. The average Bonchev–Trinajstić information content (AvgIpc) is 2.77. The van der Waals surface area contributed by atoms with E-state index in [2.05, 4.69) is 10.1 Å². The summed E-state index contributed by atoms with van der Waals surface area (Å²) in [5.74, 6) is -0.0643. The number of para-hydroxylation sites is 1. The van der Waals surface area contributed by atoms with Crippen molar-refractivity contribution in [2.24, 2.45) is 0 Å². The molecule has 3 aromatic carbocycles. The first kappa shape index (κ1) is 21.0. The van der Waals surface area contributed by atoms with Crippen LogP contribution in [-0.2, 0) is 4.79 Å². The van der Waals surface area contributed by atoms with Gasteiger partial charge in [-0.05, 0) is 35.4 Å². The molecule has 1 amide bonds. The van der Waals surface area contributed by atoms with Crippen LogP contribution in [0.1, 0.15) is 27.5 Å². The van der Waals surface area contributed by atoms with Crippen molar-refractivity contribution in [2.75, 3.05) is 6.61 Å². The average molecular weight is 411 g/mol. The standard InChI is InChI=1S/C23H19F2NO4/c24-23(25)30-19-12-10-17(11-13-19)22(16-6-2-1-3-7-16)26-21(28)15-29-20-9-5-4-8-18(20)14-27/h1-14,22-23H,15H2,(H,26,28)/t22-/m1/s1. The Morgan fingerprint density at radius 2 is 1.53 bits per heavy atom. The summed E-state index contributed by atoms with van der Waals surface area (Å²) in [7, 11) is 0. The monoisotopic (exact) mass is 411 g/mol. The van der Waals surface area contributed by atoms with E-state index in [4.69, 9.17) is 4.74 Å². The van der Waals surface area contributed by atoms with Gasteiger partial charge in [0.2, 0.25) is 0 Å². The lowest BCUT2D eigenvalue weighted by molar-refractivity contribution is -0.123. The van der Waals surface area contributed by atoms with Crippen LogP contribution in [-0.4, -0.2) is 25.4 Å². The summed E-state index contributed by atoms with van der Waals surface area (Å²) in [6, 6.07) is 21.3. The molecular formula is C23H19F2NO4. The molecule has 154 valence electrons. The zero-order valence-electron chi connectivity index (χ0n) is 15.8. The van der Waals surface area contributed by atoms with Crippen molar-refractivity contribution in [3.8, 4) is 11.5 Å². The largest absolute Gasteiger partial charge is 0.483 e. The minimum Gasteiger partial charge on any atom is -0.483 e. The number of nitrogens with one attached hydrogen (secondary N) is 1. The molecule has 0 saturated carbocycles. The zero-order valence-corrected chi connectivity index (χ0v) is 15.8. The van der Waals surface area contributed by atoms with Crippen molar-refractivity contribution in [3.05, 3.63) is 95.6 Å². The quantitative estimate of drug-likeness (QED) is 0.531. The third kappa shape index (κ3) is 5.64. The van der Waals surface area contributed by atoms with Gasteiger partial charge in [-0.25, -0.2) is 0 Å². The van der Waals surface area contributed by atoms with E-state index in [9.17, 15) is 18.4 Å². The van der Waals surface area contributed by atoms with Gasteiger partial charge in [0, 0.05) is 0 Å². The van der Waals surface area contributed by atoms with E-state index >= 15 is 0 Å². The Labute approximate surface area is 172 Å². The summed E-state index contributed by atoms with van der Waals surface area (Å²) in [5, 5.41) is 2.88. The topological polar surface area (TPSA) is 64.6 Å². The first-order valence-corrected chi connectivity index (χ1v) is 9.13. The number of carbonyl (C=O) groups excluding carboxylic acids is 2. The summed E-state index contributed by atoms with van der Waals surface area (Å²) in [5.41, 5.74) is 1.84. The predicted octanol–water partition coefficient (Wildman–Crippen LogP) is 4.39. The smallest absolute Gasteiger partial charge is 0.387 e. The minimum atomic E-state index is -2.91. The van der Waals surface area contributed by atoms with Gasteiger partial charge in [-0.15, -0.1) is 0 Å². The number of halogens is 2. The molecule has 0 radical (unpaired) electrons. The summed E-state index contributed by atoms with van der Waals surface area (Å²) < 4.78 is 34.6. The molecule has 0 aromatic heterocycles. The van der Waals surface area contributed by atoms with E-state index < -0.39 is 18.6 Å². The third-order valence-electron chi connectivity index (χ3n) is 4.28. The van der Waals surface area contributed by atoms with Crippen LogP contribution < -0.4 is 14.8 Å². The van der Waals surface area contributed by atoms with Gasteiger partial charge >= 0.3 is 6.61 Å². The van der Waals surface area contributed by atoms with Crippen LogP contribution >= 0.6 is 0 Å². The van der Waals surface area contributed by atoms with Gasteiger partial charge in [0.25, 0.3) is 5.91 Å². The van der Waals surface area contributed by atoms with Crippen molar-refractivity contribution in [1.82, 2.24) is 5.32 Å². The zero-order chi connectivity index (χ0) is 21.3. The molecule has 1 N–H and O–H groups in total. The van der Waals surface area contributed by atoms with Gasteiger partial charge in [0.15, 0.2) is 12.9 Å². The highest BCUT2D eigenvalue weighted by Crippen LogP contribution is 2.25. The van der Waals surface area contributed by atoms with Crippen molar-refractivity contribution in [1.29, 1.82) is 0 Å². The van der Waals surface area contributed by atoms with Crippen molar-refractivity contribution >= 4 is 12.2 Å². The second kappa shape index (κ2) is 10.2. The number of alkyl halides is 2. The Morgan fingerprint density at radius 3 is 2.20 bits per heavy atom. The van der Waals surface area contributed by atoms with Gasteiger partial charge in [-0.1, -0.05) is 54.6 Å². The lowest BCUT2D eigenvalue weighted by atomic mass is 9.98. The summed E-state index contributed by atoms with van der Waals surface area (Å²) in [4.78, 5) is 23.6. The molecule has 0 unspecified atom stereocenters. The lowest BCUT2D eigenvalue weighted by Gasteiger charge is -2.20. The number of hydrogen-bond donors (Lipinski definition) is 1.